The number of nitrogens with one attached hydrogen (secondary N) is 2. The SMILES string of the molecule is I.NC(=NCCNC(=O)CC1CCCCC1)Nc1ccc2c(c1)CCC2. The fourth-order valence-corrected chi connectivity index (χ4v) is 3.93. The molecule has 1 aromatic rings. The lowest BCUT2D eigenvalue weighted by Crippen LogP contribution is -2.30. The molecule has 0 spiro atoms. The molecule has 6 heteroatoms. The lowest BCUT2D eigenvalue weighted by molar-refractivity contribution is -0.122. The molecule has 4 N–H and O–H groups in total. The van der Waals surface area contributed by atoms with Crippen molar-refractivity contribution in [3.8, 4) is 0 Å². The van der Waals surface area contributed by atoms with Gasteiger partial charge in [-0.1, -0.05) is 25.3 Å². The molecule has 1 amide bonds. The molecule has 26 heavy (non-hydrogen) atoms. The number of nitrogens with zero attached hydrogens (tertiary/aromatic N) is 1. The first-order valence-corrected chi connectivity index (χ1v) is 9.66. The maximum Gasteiger partial charge on any atom is 0.220 e. The van der Waals surface area contributed by atoms with Gasteiger partial charge in [0, 0.05) is 18.7 Å². The fourth-order valence-electron chi connectivity index (χ4n) is 3.93. The Balaban J connectivity index is 0.00000243. The molecule has 144 valence electrons. The number of carbonyl (C=O) groups is 1. The molecule has 0 aliphatic heterocycles. The van der Waals surface area contributed by atoms with Crippen molar-refractivity contribution in [3.63, 3.8) is 0 Å². The molecule has 5 nitrogen and oxygen atoms in total. The highest BCUT2D eigenvalue weighted by Crippen LogP contribution is 2.26. The number of halogens is 1. The van der Waals surface area contributed by atoms with Crippen molar-refractivity contribution in [3.05, 3.63) is 29.3 Å². The minimum atomic E-state index is 0. The van der Waals surface area contributed by atoms with Gasteiger partial charge in [-0.15, -0.1) is 24.0 Å². The Hall–Kier alpha value is -1.31. The van der Waals surface area contributed by atoms with E-state index in [1.807, 2.05) is 0 Å². The van der Waals surface area contributed by atoms with E-state index in [4.69, 9.17) is 5.73 Å². The van der Waals surface area contributed by atoms with Gasteiger partial charge in [0.1, 0.15) is 0 Å². The molecule has 0 unspecified atom stereocenters. The molecule has 0 saturated heterocycles. The van der Waals surface area contributed by atoms with Crippen molar-refractivity contribution >= 4 is 41.5 Å². The summed E-state index contributed by atoms with van der Waals surface area (Å²) in [5.41, 5.74) is 9.79. The maximum absolute atomic E-state index is 11.9. The highest BCUT2D eigenvalue weighted by Gasteiger charge is 2.16. The molecule has 0 heterocycles. The minimum Gasteiger partial charge on any atom is -0.370 e. The summed E-state index contributed by atoms with van der Waals surface area (Å²) in [7, 11) is 0. The molecule has 1 aromatic carbocycles. The van der Waals surface area contributed by atoms with Crippen LogP contribution in [0, 0.1) is 5.92 Å². The largest absolute Gasteiger partial charge is 0.370 e. The standard InChI is InChI=1S/C20H30N4O.HI/c21-20(24-18-10-9-16-7-4-8-17(16)14-18)23-12-11-22-19(25)13-15-5-2-1-3-6-15;/h9-10,14-15H,1-8,11-13H2,(H,22,25)(H3,21,23,24);1H. The topological polar surface area (TPSA) is 79.5 Å². The highest BCUT2D eigenvalue weighted by molar-refractivity contribution is 14.0. The summed E-state index contributed by atoms with van der Waals surface area (Å²) >= 11 is 0. The van der Waals surface area contributed by atoms with Gasteiger partial charge in [0.2, 0.25) is 5.91 Å². The second-order valence-corrected chi connectivity index (χ2v) is 7.29. The lowest BCUT2D eigenvalue weighted by Gasteiger charge is -2.20. The summed E-state index contributed by atoms with van der Waals surface area (Å²) in [5, 5.41) is 6.09. The van der Waals surface area contributed by atoms with Gasteiger partial charge in [-0.05, 0) is 61.3 Å². The molecule has 0 aromatic heterocycles. The van der Waals surface area contributed by atoms with E-state index in [9.17, 15) is 4.79 Å². The van der Waals surface area contributed by atoms with E-state index in [0.717, 1.165) is 12.1 Å². The molecule has 1 saturated carbocycles. The quantitative estimate of drug-likeness (QED) is 0.257. The third kappa shape index (κ3) is 6.45. The minimum absolute atomic E-state index is 0. The van der Waals surface area contributed by atoms with Crippen LogP contribution in [-0.2, 0) is 17.6 Å². The summed E-state index contributed by atoms with van der Waals surface area (Å²) < 4.78 is 0. The Morgan fingerprint density at radius 1 is 1.12 bits per heavy atom. The second kappa shape index (κ2) is 10.7. The fraction of sp³-hybridized carbons (Fsp3) is 0.600. The molecule has 2 aliphatic rings. The first-order valence-electron chi connectivity index (χ1n) is 9.66. The van der Waals surface area contributed by atoms with Gasteiger partial charge >= 0.3 is 0 Å². The number of anilines is 1. The molecule has 0 atom stereocenters. The molecular formula is C20H31IN4O. The van der Waals surface area contributed by atoms with Crippen molar-refractivity contribution in [2.75, 3.05) is 18.4 Å². The predicted octanol–water partition coefficient (Wildman–Crippen LogP) is 3.61. The number of aliphatic imine (C=N–C) groups is 1. The summed E-state index contributed by atoms with van der Waals surface area (Å²) in [6.45, 7) is 1.04. The molecular weight excluding hydrogens is 439 g/mol. The van der Waals surface area contributed by atoms with E-state index in [2.05, 4.69) is 33.8 Å². The number of nitrogens with two attached hydrogens (primary N) is 1. The molecule has 2 aliphatic carbocycles. The first-order chi connectivity index (χ1) is 12.2. The number of hydrogen-bond acceptors (Lipinski definition) is 2. The Kier molecular flexibility index (Phi) is 8.68. The molecule has 0 bridgehead atoms. The third-order valence-electron chi connectivity index (χ3n) is 5.29. The van der Waals surface area contributed by atoms with Crippen molar-refractivity contribution in [1.82, 2.24) is 5.32 Å². The van der Waals surface area contributed by atoms with Crippen molar-refractivity contribution < 1.29 is 4.79 Å². The van der Waals surface area contributed by atoms with Crippen LogP contribution >= 0.6 is 24.0 Å². The number of amides is 1. The van der Waals surface area contributed by atoms with Crippen LogP contribution in [-0.4, -0.2) is 25.0 Å². The number of carbonyl (C=O) groups excluding carboxylic acids is 1. The number of aryl methyl sites for hydroxylation is 2. The van der Waals surface area contributed by atoms with Crippen LogP contribution in [0.5, 0.6) is 0 Å². The summed E-state index contributed by atoms with van der Waals surface area (Å²) in [6, 6.07) is 6.39. The molecule has 1 fully saturated rings. The van der Waals surface area contributed by atoms with Crippen LogP contribution in [0.25, 0.3) is 0 Å². The van der Waals surface area contributed by atoms with Crippen molar-refractivity contribution in [2.45, 2.75) is 57.8 Å². The average Bonchev–Trinajstić information content (AvgIpc) is 3.07. The number of rotatable bonds is 6. The van der Waals surface area contributed by atoms with Crippen LogP contribution in [0.4, 0.5) is 5.69 Å². The molecule has 3 rings (SSSR count). The third-order valence-corrected chi connectivity index (χ3v) is 5.29. The van der Waals surface area contributed by atoms with Crippen LogP contribution in [0.15, 0.2) is 23.2 Å². The van der Waals surface area contributed by atoms with Gasteiger partial charge in [-0.2, -0.15) is 0 Å². The average molecular weight is 470 g/mol. The van der Waals surface area contributed by atoms with Crippen LogP contribution in [0.2, 0.25) is 0 Å². The zero-order valence-electron chi connectivity index (χ0n) is 15.4. The Morgan fingerprint density at radius 2 is 1.88 bits per heavy atom. The number of hydrogen-bond donors (Lipinski definition) is 3. The monoisotopic (exact) mass is 470 g/mol. The number of fused-ring (bicyclic) bond motifs is 1. The summed E-state index contributed by atoms with van der Waals surface area (Å²) in [6.07, 6.45) is 10.5. The van der Waals surface area contributed by atoms with E-state index >= 15 is 0 Å². The van der Waals surface area contributed by atoms with E-state index in [0.29, 0.717) is 31.4 Å². The van der Waals surface area contributed by atoms with Crippen molar-refractivity contribution in [2.24, 2.45) is 16.6 Å². The zero-order valence-corrected chi connectivity index (χ0v) is 17.8. The van der Waals surface area contributed by atoms with E-state index in [1.54, 1.807) is 0 Å². The second-order valence-electron chi connectivity index (χ2n) is 7.29. The summed E-state index contributed by atoms with van der Waals surface area (Å²) in [4.78, 5) is 16.2. The Labute approximate surface area is 173 Å². The normalized spacial score (nSPS) is 17.3. The van der Waals surface area contributed by atoms with Gasteiger partial charge < -0.3 is 16.4 Å². The Bertz CT molecular complexity index is 626. The van der Waals surface area contributed by atoms with E-state index in [-0.39, 0.29) is 29.9 Å². The van der Waals surface area contributed by atoms with Gasteiger partial charge in [0.15, 0.2) is 5.96 Å². The highest BCUT2D eigenvalue weighted by atomic mass is 127. The van der Waals surface area contributed by atoms with Crippen LogP contribution < -0.4 is 16.4 Å². The van der Waals surface area contributed by atoms with E-state index < -0.39 is 0 Å². The lowest BCUT2D eigenvalue weighted by atomic mass is 9.87. The van der Waals surface area contributed by atoms with Crippen LogP contribution in [0.1, 0.15) is 56.1 Å². The smallest absolute Gasteiger partial charge is 0.220 e. The molecule has 0 radical (unpaired) electrons. The van der Waals surface area contributed by atoms with Gasteiger partial charge in [-0.25, -0.2) is 0 Å². The predicted molar refractivity (Wildman–Crippen MR) is 118 cm³/mol. The zero-order chi connectivity index (χ0) is 17.5. The first kappa shape index (κ1) is 21.0. The summed E-state index contributed by atoms with van der Waals surface area (Å²) in [5.74, 6) is 1.12. The van der Waals surface area contributed by atoms with Crippen LogP contribution in [0.3, 0.4) is 0 Å². The van der Waals surface area contributed by atoms with Crippen molar-refractivity contribution in [1.29, 1.82) is 0 Å². The van der Waals surface area contributed by atoms with E-state index in [1.165, 1.54) is 56.1 Å². The maximum atomic E-state index is 11.9. The van der Waals surface area contributed by atoms with Gasteiger partial charge in [0.05, 0.1) is 6.54 Å². The Morgan fingerprint density at radius 3 is 2.69 bits per heavy atom. The van der Waals surface area contributed by atoms with Gasteiger partial charge in [0.25, 0.3) is 0 Å². The number of guanidine groups is 1. The number of benzene rings is 1. The van der Waals surface area contributed by atoms with Gasteiger partial charge in [-0.3, -0.25) is 9.79 Å².